The first-order chi connectivity index (χ1) is 4.20. The highest BCUT2D eigenvalue weighted by Gasteiger charge is 2.24. The monoisotopic (exact) mass is 131 g/mol. The van der Waals surface area contributed by atoms with Crippen LogP contribution in [-0.4, -0.2) is 34.9 Å². The van der Waals surface area contributed by atoms with E-state index in [2.05, 4.69) is 5.32 Å². The Bertz CT molecular complexity index is 125. The fraction of sp³-hybridized carbons (Fsp3) is 0.800. The molecule has 0 aromatic carbocycles. The minimum atomic E-state index is -0.876. The van der Waals surface area contributed by atoms with Gasteiger partial charge in [0.1, 0.15) is 0 Å². The van der Waals surface area contributed by atoms with Crippen LogP contribution >= 0.6 is 0 Å². The molecule has 3 N–H and O–H groups in total. The molecule has 4 nitrogen and oxygen atoms in total. The number of carbonyl (C=O) groups is 1. The second-order valence-corrected chi connectivity index (χ2v) is 2.14. The average molecular weight is 131 g/mol. The Morgan fingerprint density at radius 2 is 2.11 bits per heavy atom. The van der Waals surface area contributed by atoms with Crippen LogP contribution in [0.5, 0.6) is 0 Å². The largest absolute Gasteiger partial charge is 0.390 e. The van der Waals surface area contributed by atoms with E-state index >= 15 is 0 Å². The van der Waals surface area contributed by atoms with Gasteiger partial charge in [-0.1, -0.05) is 0 Å². The topological polar surface area (TPSA) is 69.6 Å². The van der Waals surface area contributed by atoms with E-state index in [0.717, 1.165) is 0 Å². The van der Waals surface area contributed by atoms with Crippen molar-refractivity contribution in [3.8, 4) is 0 Å². The van der Waals surface area contributed by atoms with Gasteiger partial charge in [0.2, 0.25) is 5.91 Å². The molecule has 1 aliphatic heterocycles. The smallest absolute Gasteiger partial charge is 0.222 e. The molecule has 0 unspecified atom stereocenters. The second-order valence-electron chi connectivity index (χ2n) is 2.14. The van der Waals surface area contributed by atoms with Crippen LogP contribution in [0.1, 0.15) is 6.42 Å². The van der Waals surface area contributed by atoms with Gasteiger partial charge < -0.3 is 15.5 Å². The highest BCUT2D eigenvalue weighted by atomic mass is 16.3. The fourth-order valence-corrected chi connectivity index (χ4v) is 0.753. The van der Waals surface area contributed by atoms with Crippen molar-refractivity contribution in [1.82, 2.24) is 5.32 Å². The highest BCUT2D eigenvalue weighted by Crippen LogP contribution is 2.02. The molecule has 1 saturated heterocycles. The van der Waals surface area contributed by atoms with Gasteiger partial charge in [-0.05, 0) is 0 Å². The van der Waals surface area contributed by atoms with E-state index in [-0.39, 0.29) is 18.9 Å². The Balaban J connectivity index is 2.44. The zero-order valence-corrected chi connectivity index (χ0v) is 4.87. The molecular formula is C5H9NO3. The molecule has 1 aliphatic rings. The molecule has 0 bridgehead atoms. The van der Waals surface area contributed by atoms with Gasteiger partial charge in [0, 0.05) is 6.54 Å². The minimum absolute atomic E-state index is 0.0150. The standard InChI is InChI=1S/C5H9NO3/c7-3-1-5(9)6-2-4(3)8/h3-4,7-8H,1-2H2,(H,6,9)/t3-,4+/m0/s1. The normalized spacial score (nSPS) is 36.0. The van der Waals surface area contributed by atoms with E-state index in [9.17, 15) is 4.79 Å². The van der Waals surface area contributed by atoms with Crippen molar-refractivity contribution in [3.63, 3.8) is 0 Å². The van der Waals surface area contributed by atoms with Crippen molar-refractivity contribution in [3.05, 3.63) is 0 Å². The van der Waals surface area contributed by atoms with Crippen LogP contribution in [0.4, 0.5) is 0 Å². The molecule has 0 saturated carbocycles. The summed E-state index contributed by atoms with van der Waals surface area (Å²) in [6.07, 6.45) is -1.65. The molecule has 9 heavy (non-hydrogen) atoms. The molecule has 0 aromatic rings. The molecule has 4 heteroatoms. The average Bonchev–Trinajstić information content (AvgIpc) is 1.80. The summed E-state index contributed by atoms with van der Waals surface area (Å²) in [4.78, 5) is 10.4. The van der Waals surface area contributed by atoms with Crippen molar-refractivity contribution in [2.45, 2.75) is 18.6 Å². The molecule has 52 valence electrons. The van der Waals surface area contributed by atoms with Crippen molar-refractivity contribution in [1.29, 1.82) is 0 Å². The molecule has 1 amide bonds. The maximum absolute atomic E-state index is 10.4. The first kappa shape index (κ1) is 6.51. The third-order valence-electron chi connectivity index (χ3n) is 1.35. The summed E-state index contributed by atoms with van der Waals surface area (Å²) >= 11 is 0. The van der Waals surface area contributed by atoms with Gasteiger partial charge in [-0.15, -0.1) is 0 Å². The maximum Gasteiger partial charge on any atom is 0.222 e. The predicted octanol–water partition coefficient (Wildman–Crippen LogP) is -1.77. The summed E-state index contributed by atoms with van der Waals surface area (Å²) in [5.74, 6) is -0.201. The molecular weight excluding hydrogens is 122 g/mol. The SMILES string of the molecule is O=C1C[C@H](O)[C@H](O)CN1. The van der Waals surface area contributed by atoms with Gasteiger partial charge in [-0.2, -0.15) is 0 Å². The number of piperidine rings is 1. The zero-order valence-electron chi connectivity index (χ0n) is 4.87. The first-order valence-corrected chi connectivity index (χ1v) is 2.83. The highest BCUT2D eigenvalue weighted by molar-refractivity contribution is 5.77. The zero-order chi connectivity index (χ0) is 6.85. The molecule has 0 aromatic heterocycles. The summed E-state index contributed by atoms with van der Waals surface area (Å²) in [5, 5.41) is 20.1. The van der Waals surface area contributed by atoms with E-state index in [1.165, 1.54) is 0 Å². The van der Waals surface area contributed by atoms with Crippen LogP contribution in [-0.2, 0) is 4.79 Å². The quantitative estimate of drug-likeness (QED) is 0.364. The molecule has 2 atom stereocenters. The van der Waals surface area contributed by atoms with Crippen molar-refractivity contribution >= 4 is 5.91 Å². The maximum atomic E-state index is 10.4. The van der Waals surface area contributed by atoms with E-state index in [1.54, 1.807) is 0 Å². The number of carbonyl (C=O) groups excluding carboxylic acids is 1. The van der Waals surface area contributed by atoms with Gasteiger partial charge >= 0.3 is 0 Å². The first-order valence-electron chi connectivity index (χ1n) is 2.83. The van der Waals surface area contributed by atoms with E-state index < -0.39 is 12.2 Å². The Labute approximate surface area is 52.5 Å². The summed E-state index contributed by atoms with van der Waals surface area (Å²) < 4.78 is 0. The van der Waals surface area contributed by atoms with Gasteiger partial charge in [0.15, 0.2) is 0 Å². The van der Waals surface area contributed by atoms with Crippen LogP contribution in [0.15, 0.2) is 0 Å². The number of aliphatic hydroxyl groups is 2. The van der Waals surface area contributed by atoms with Gasteiger partial charge in [0.25, 0.3) is 0 Å². The van der Waals surface area contributed by atoms with Crippen molar-refractivity contribution in [2.75, 3.05) is 6.54 Å². The Kier molecular flexibility index (Phi) is 1.68. The van der Waals surface area contributed by atoms with Gasteiger partial charge in [0.05, 0.1) is 18.6 Å². The molecule has 1 fully saturated rings. The lowest BCUT2D eigenvalue weighted by Gasteiger charge is -2.22. The van der Waals surface area contributed by atoms with Crippen LogP contribution in [0.2, 0.25) is 0 Å². The number of β-amino-alcohol motifs (C(OH)–C–C–N with tert-alkyl or cyclic N) is 1. The minimum Gasteiger partial charge on any atom is -0.390 e. The number of hydrogen-bond acceptors (Lipinski definition) is 3. The Morgan fingerprint density at radius 3 is 2.56 bits per heavy atom. The molecule has 0 spiro atoms. The lowest BCUT2D eigenvalue weighted by atomic mass is 10.1. The molecule has 0 radical (unpaired) electrons. The van der Waals surface area contributed by atoms with Crippen LogP contribution in [0.3, 0.4) is 0 Å². The third kappa shape index (κ3) is 1.40. The van der Waals surface area contributed by atoms with Crippen LogP contribution in [0, 0.1) is 0 Å². The molecule has 0 aliphatic carbocycles. The lowest BCUT2D eigenvalue weighted by Crippen LogP contribution is -2.47. The van der Waals surface area contributed by atoms with Crippen LogP contribution in [0.25, 0.3) is 0 Å². The second kappa shape index (κ2) is 2.33. The van der Waals surface area contributed by atoms with E-state index in [1.807, 2.05) is 0 Å². The van der Waals surface area contributed by atoms with E-state index in [0.29, 0.717) is 0 Å². The summed E-state index contributed by atoms with van der Waals surface area (Å²) in [6.45, 7) is 0.167. The fourth-order valence-electron chi connectivity index (χ4n) is 0.753. The number of nitrogens with one attached hydrogen (secondary N) is 1. The summed E-state index contributed by atoms with van der Waals surface area (Å²) in [6, 6.07) is 0. The van der Waals surface area contributed by atoms with E-state index in [4.69, 9.17) is 10.2 Å². The third-order valence-corrected chi connectivity index (χ3v) is 1.35. The molecule has 1 rings (SSSR count). The number of aliphatic hydroxyl groups excluding tert-OH is 2. The van der Waals surface area contributed by atoms with Gasteiger partial charge in [-0.25, -0.2) is 0 Å². The Morgan fingerprint density at radius 1 is 1.44 bits per heavy atom. The molecule has 1 heterocycles. The van der Waals surface area contributed by atoms with Crippen LogP contribution < -0.4 is 5.32 Å². The predicted molar refractivity (Wildman–Crippen MR) is 29.6 cm³/mol. The number of amides is 1. The number of hydrogen-bond donors (Lipinski definition) is 3. The lowest BCUT2D eigenvalue weighted by molar-refractivity contribution is -0.129. The summed E-state index contributed by atoms with van der Waals surface area (Å²) in [5.41, 5.74) is 0. The van der Waals surface area contributed by atoms with Crippen molar-refractivity contribution in [2.24, 2.45) is 0 Å². The Hall–Kier alpha value is -0.610. The van der Waals surface area contributed by atoms with Gasteiger partial charge in [-0.3, -0.25) is 4.79 Å². The summed E-state index contributed by atoms with van der Waals surface area (Å²) in [7, 11) is 0. The van der Waals surface area contributed by atoms with Crippen molar-refractivity contribution < 1.29 is 15.0 Å². The number of rotatable bonds is 0.